The number of nitrogens with one attached hydrogen (secondary N) is 1. The normalized spacial score (nSPS) is 19.6. The van der Waals surface area contributed by atoms with E-state index in [1.807, 2.05) is 44.2 Å². The molecule has 3 atom stereocenters. The highest BCUT2D eigenvalue weighted by atomic mass is 32.2. The van der Waals surface area contributed by atoms with E-state index in [2.05, 4.69) is 5.32 Å². The molecule has 0 bridgehead atoms. The molecule has 0 unspecified atom stereocenters. The Kier molecular flexibility index (Phi) is 7.09. The number of benzene rings is 1. The monoisotopic (exact) mass is 497 g/mol. The van der Waals surface area contributed by atoms with Crippen molar-refractivity contribution in [3.05, 3.63) is 56.7 Å². The molecule has 34 heavy (non-hydrogen) atoms. The third-order valence-corrected chi connectivity index (χ3v) is 9.04. The molecule has 2 aliphatic rings. The van der Waals surface area contributed by atoms with E-state index in [1.165, 1.54) is 28.6 Å². The number of aryl methyl sites for hydroxylation is 2. The molecule has 3 heterocycles. The maximum atomic E-state index is 13.7. The molecule has 2 aromatic heterocycles. The van der Waals surface area contributed by atoms with Gasteiger partial charge in [-0.05, 0) is 63.5 Å². The van der Waals surface area contributed by atoms with Crippen LogP contribution >= 0.6 is 23.1 Å². The molecule has 0 saturated carbocycles. The van der Waals surface area contributed by atoms with Gasteiger partial charge in [-0.3, -0.25) is 14.2 Å². The summed E-state index contributed by atoms with van der Waals surface area (Å²) < 4.78 is 7.63. The van der Waals surface area contributed by atoms with E-state index in [1.54, 1.807) is 15.9 Å². The first-order valence-electron chi connectivity index (χ1n) is 12.2. The third kappa shape index (κ3) is 4.81. The molecule has 1 saturated heterocycles. The lowest BCUT2D eigenvalue weighted by molar-refractivity contribution is -0.120. The van der Waals surface area contributed by atoms with Crippen molar-refractivity contribution < 1.29 is 9.53 Å². The van der Waals surface area contributed by atoms with Gasteiger partial charge in [-0.1, -0.05) is 42.1 Å². The number of hydrogen-bond acceptors (Lipinski definition) is 6. The molecule has 1 aliphatic carbocycles. The summed E-state index contributed by atoms with van der Waals surface area (Å²) in [6, 6.07) is 9.84. The van der Waals surface area contributed by atoms with Gasteiger partial charge in [0.15, 0.2) is 5.16 Å². The largest absolute Gasteiger partial charge is 0.376 e. The first-order chi connectivity index (χ1) is 16.5. The van der Waals surface area contributed by atoms with Gasteiger partial charge in [-0.15, -0.1) is 11.3 Å². The molecule has 0 spiro atoms. The van der Waals surface area contributed by atoms with Crippen LogP contribution in [0.1, 0.15) is 61.6 Å². The number of rotatable bonds is 7. The van der Waals surface area contributed by atoms with Crippen LogP contribution in [0.4, 0.5) is 0 Å². The zero-order valence-corrected chi connectivity index (χ0v) is 21.3. The minimum atomic E-state index is -0.388. The number of nitrogens with zero attached hydrogens (tertiary/aromatic N) is 2. The molecule has 1 N–H and O–H groups in total. The van der Waals surface area contributed by atoms with Crippen molar-refractivity contribution in [2.75, 3.05) is 6.61 Å². The molecule has 8 heteroatoms. The highest BCUT2D eigenvalue weighted by molar-refractivity contribution is 8.00. The highest BCUT2D eigenvalue weighted by Crippen LogP contribution is 2.35. The quantitative estimate of drug-likeness (QED) is 0.372. The van der Waals surface area contributed by atoms with Gasteiger partial charge in [0.1, 0.15) is 4.83 Å². The zero-order valence-electron chi connectivity index (χ0n) is 19.7. The number of ether oxygens (including phenoxy) is 1. The molecule has 1 aliphatic heterocycles. The number of carbonyl (C=O) groups is 1. The number of hydrogen-bond donors (Lipinski definition) is 1. The maximum absolute atomic E-state index is 13.7. The molecule has 0 radical (unpaired) electrons. The van der Waals surface area contributed by atoms with Crippen LogP contribution in [0.15, 0.2) is 40.3 Å². The van der Waals surface area contributed by atoms with Crippen molar-refractivity contribution in [2.45, 2.75) is 81.5 Å². The Morgan fingerprint density at radius 2 is 2.03 bits per heavy atom. The number of aromatic nitrogens is 2. The van der Waals surface area contributed by atoms with Gasteiger partial charge in [0.2, 0.25) is 5.91 Å². The van der Waals surface area contributed by atoms with Gasteiger partial charge < -0.3 is 10.1 Å². The Balaban J connectivity index is 1.43. The summed E-state index contributed by atoms with van der Waals surface area (Å²) in [6.07, 6.45) is 6.25. The summed E-state index contributed by atoms with van der Waals surface area (Å²) in [7, 11) is 0. The van der Waals surface area contributed by atoms with E-state index in [9.17, 15) is 9.59 Å². The van der Waals surface area contributed by atoms with Gasteiger partial charge in [-0.25, -0.2) is 4.98 Å². The van der Waals surface area contributed by atoms with E-state index in [4.69, 9.17) is 9.72 Å². The first kappa shape index (κ1) is 23.6. The van der Waals surface area contributed by atoms with Crippen LogP contribution in [0.3, 0.4) is 0 Å². The summed E-state index contributed by atoms with van der Waals surface area (Å²) in [5.41, 5.74) is 2.28. The third-order valence-electron chi connectivity index (χ3n) is 6.76. The van der Waals surface area contributed by atoms with Crippen LogP contribution in [-0.4, -0.2) is 33.4 Å². The van der Waals surface area contributed by atoms with Gasteiger partial charge in [0, 0.05) is 11.5 Å². The number of fused-ring (bicyclic) bond motifs is 3. The minimum Gasteiger partial charge on any atom is -0.376 e. The van der Waals surface area contributed by atoms with E-state index < -0.39 is 0 Å². The molecule has 1 amide bonds. The number of amides is 1. The van der Waals surface area contributed by atoms with Crippen LogP contribution < -0.4 is 10.9 Å². The molecule has 3 aromatic rings. The second kappa shape index (κ2) is 10.2. The Morgan fingerprint density at radius 1 is 1.24 bits per heavy atom. The highest BCUT2D eigenvalue weighted by Gasteiger charge is 2.27. The van der Waals surface area contributed by atoms with E-state index >= 15 is 0 Å². The predicted octanol–water partition coefficient (Wildman–Crippen LogP) is 4.87. The fourth-order valence-electron chi connectivity index (χ4n) is 4.83. The number of thioether (sulfide) groups is 1. The number of thiophene rings is 1. The number of carbonyl (C=O) groups excluding carboxylic acids is 1. The topological polar surface area (TPSA) is 73.2 Å². The second-order valence-corrected chi connectivity index (χ2v) is 11.6. The lowest BCUT2D eigenvalue weighted by Gasteiger charge is -2.20. The molecular formula is C26H31N3O3S2. The molecule has 1 aromatic carbocycles. The average molecular weight is 498 g/mol. The lowest BCUT2D eigenvalue weighted by atomic mass is 9.97. The van der Waals surface area contributed by atoms with Crippen molar-refractivity contribution in [1.29, 1.82) is 0 Å². The Labute approximate surface area is 208 Å². The van der Waals surface area contributed by atoms with Crippen molar-refractivity contribution in [2.24, 2.45) is 0 Å². The van der Waals surface area contributed by atoms with Gasteiger partial charge in [0.05, 0.1) is 29.3 Å². The fourth-order valence-corrected chi connectivity index (χ4v) is 7.06. The molecule has 5 rings (SSSR count). The zero-order chi connectivity index (χ0) is 23.7. The SMILES string of the molecule is C[C@H](Sc1nc2sc3c(c2c(=O)n1C[C@H]1CCCO1)CCCC3)C(=O)N[C@H](C)c1ccccc1. The first-order valence-corrected chi connectivity index (χ1v) is 13.9. The maximum Gasteiger partial charge on any atom is 0.263 e. The second-order valence-electron chi connectivity index (χ2n) is 9.24. The minimum absolute atomic E-state index is 0.0210. The van der Waals surface area contributed by atoms with Gasteiger partial charge in [0.25, 0.3) is 5.56 Å². The summed E-state index contributed by atoms with van der Waals surface area (Å²) in [5, 5.41) is 4.12. The standard InChI is InChI=1S/C26H31N3O3S2/c1-16(18-9-4-3-5-10-18)27-23(30)17(2)33-26-28-24-22(20-12-6-7-13-21(20)34-24)25(31)29(26)15-19-11-8-14-32-19/h3-5,9-10,16-17,19H,6-8,11-15H2,1-2H3,(H,27,30)/t16-,17+,19-/m1/s1. The van der Waals surface area contributed by atoms with Crippen LogP contribution in [0, 0.1) is 0 Å². The van der Waals surface area contributed by atoms with Gasteiger partial charge >= 0.3 is 0 Å². The average Bonchev–Trinajstić information content (AvgIpc) is 3.49. The van der Waals surface area contributed by atoms with Crippen molar-refractivity contribution in [1.82, 2.24) is 14.9 Å². The van der Waals surface area contributed by atoms with Crippen LogP contribution in [0.5, 0.6) is 0 Å². The Bertz CT molecular complexity index is 1230. The fraction of sp³-hybridized carbons (Fsp3) is 0.500. The van der Waals surface area contributed by atoms with Crippen LogP contribution in [0.25, 0.3) is 10.2 Å². The van der Waals surface area contributed by atoms with Crippen molar-refractivity contribution >= 4 is 39.2 Å². The summed E-state index contributed by atoms with van der Waals surface area (Å²) >= 11 is 3.02. The molecule has 1 fully saturated rings. The predicted molar refractivity (Wildman–Crippen MR) is 138 cm³/mol. The summed E-state index contributed by atoms with van der Waals surface area (Å²) in [6.45, 7) is 5.09. The Morgan fingerprint density at radius 3 is 2.79 bits per heavy atom. The summed E-state index contributed by atoms with van der Waals surface area (Å²) in [5.74, 6) is -0.0650. The van der Waals surface area contributed by atoms with Crippen LogP contribution in [-0.2, 0) is 28.9 Å². The summed E-state index contributed by atoms with van der Waals surface area (Å²) in [4.78, 5) is 33.8. The molecule has 180 valence electrons. The smallest absolute Gasteiger partial charge is 0.263 e. The van der Waals surface area contributed by atoms with Gasteiger partial charge in [-0.2, -0.15) is 0 Å². The van der Waals surface area contributed by atoms with Crippen LogP contribution in [0.2, 0.25) is 0 Å². The van der Waals surface area contributed by atoms with Crippen molar-refractivity contribution in [3.8, 4) is 0 Å². The lowest BCUT2D eigenvalue weighted by Crippen LogP contribution is -2.34. The van der Waals surface area contributed by atoms with E-state index in [0.29, 0.717) is 11.7 Å². The molecule has 6 nitrogen and oxygen atoms in total. The van der Waals surface area contributed by atoms with E-state index in [-0.39, 0.29) is 28.9 Å². The molecular weight excluding hydrogens is 466 g/mol. The van der Waals surface area contributed by atoms with Crippen molar-refractivity contribution in [3.63, 3.8) is 0 Å². The van der Waals surface area contributed by atoms with E-state index in [0.717, 1.165) is 54.5 Å². The Hall–Kier alpha value is -2.16.